The molecule has 3 heterocycles. The lowest BCUT2D eigenvalue weighted by Gasteiger charge is -2.26. The molecule has 0 aliphatic carbocycles. The van der Waals surface area contributed by atoms with Crippen LogP contribution in [0, 0.1) is 0 Å². The van der Waals surface area contributed by atoms with Crippen molar-refractivity contribution >= 4 is 54.2 Å². The van der Waals surface area contributed by atoms with E-state index in [0.717, 1.165) is 10.2 Å². The molecule has 1 fully saturated rings. The zero-order chi connectivity index (χ0) is 23.7. The fourth-order valence-electron chi connectivity index (χ4n) is 3.65. The third kappa shape index (κ3) is 4.59. The third-order valence-electron chi connectivity index (χ3n) is 5.42. The maximum Gasteiger partial charge on any atom is 0.260 e. The van der Waals surface area contributed by atoms with Gasteiger partial charge in [-0.1, -0.05) is 22.9 Å². The van der Waals surface area contributed by atoms with Crippen molar-refractivity contribution in [2.75, 3.05) is 31.2 Å². The smallest absolute Gasteiger partial charge is 0.260 e. The van der Waals surface area contributed by atoms with Crippen LogP contribution in [-0.2, 0) is 21.3 Å². The average molecular weight is 518 g/mol. The number of furan rings is 1. The first-order valence-corrected chi connectivity index (χ1v) is 13.1. The van der Waals surface area contributed by atoms with E-state index in [2.05, 4.69) is 4.98 Å². The minimum atomic E-state index is -3.65. The lowest BCUT2D eigenvalue weighted by molar-refractivity contribution is 0.0730. The van der Waals surface area contributed by atoms with Crippen LogP contribution in [0.2, 0.25) is 5.02 Å². The molecule has 11 heteroatoms. The van der Waals surface area contributed by atoms with E-state index in [1.807, 2.05) is 0 Å². The van der Waals surface area contributed by atoms with Crippen LogP contribution in [-0.4, -0.2) is 49.9 Å². The van der Waals surface area contributed by atoms with E-state index in [9.17, 15) is 13.2 Å². The molecule has 0 N–H and O–H groups in total. The van der Waals surface area contributed by atoms with Crippen LogP contribution in [0.1, 0.15) is 16.1 Å². The van der Waals surface area contributed by atoms with Gasteiger partial charge in [-0.05, 0) is 54.6 Å². The molecule has 0 atom stereocenters. The quantitative estimate of drug-likeness (QED) is 0.376. The fourth-order valence-corrected chi connectivity index (χ4v) is 6.30. The second kappa shape index (κ2) is 9.47. The van der Waals surface area contributed by atoms with E-state index in [0.29, 0.717) is 47.8 Å². The molecule has 34 heavy (non-hydrogen) atoms. The molecule has 0 spiro atoms. The molecule has 0 bridgehead atoms. The number of morpholine rings is 1. The molecule has 0 saturated carbocycles. The number of rotatable bonds is 6. The summed E-state index contributed by atoms with van der Waals surface area (Å²) in [4.78, 5) is 19.8. The van der Waals surface area contributed by atoms with Crippen LogP contribution < -0.4 is 4.90 Å². The topological polar surface area (TPSA) is 93.0 Å². The Morgan fingerprint density at radius 2 is 1.88 bits per heavy atom. The van der Waals surface area contributed by atoms with Gasteiger partial charge in [0.2, 0.25) is 10.0 Å². The summed E-state index contributed by atoms with van der Waals surface area (Å²) < 4.78 is 38.8. The molecule has 0 unspecified atom stereocenters. The summed E-state index contributed by atoms with van der Waals surface area (Å²) in [7, 11) is -3.65. The van der Waals surface area contributed by atoms with Crippen LogP contribution in [0.3, 0.4) is 0 Å². The van der Waals surface area contributed by atoms with E-state index < -0.39 is 10.0 Å². The van der Waals surface area contributed by atoms with Gasteiger partial charge in [0.15, 0.2) is 5.13 Å². The molecule has 4 aromatic rings. The number of ether oxygens (including phenoxy) is 1. The SMILES string of the molecule is O=C(c1ccc(S(=O)(=O)N2CCOCC2)cc1)N(Cc1ccco1)c1nc2ccc(Cl)cc2s1. The summed E-state index contributed by atoms with van der Waals surface area (Å²) in [6.45, 7) is 1.52. The molecule has 2 aromatic carbocycles. The van der Waals surface area contributed by atoms with Crippen molar-refractivity contribution in [3.05, 3.63) is 77.2 Å². The van der Waals surface area contributed by atoms with Crippen molar-refractivity contribution < 1.29 is 22.4 Å². The van der Waals surface area contributed by atoms with Crippen molar-refractivity contribution in [1.82, 2.24) is 9.29 Å². The maximum atomic E-state index is 13.5. The van der Waals surface area contributed by atoms with Gasteiger partial charge in [0, 0.05) is 23.7 Å². The normalized spacial score (nSPS) is 15.0. The van der Waals surface area contributed by atoms with Gasteiger partial charge < -0.3 is 9.15 Å². The Morgan fingerprint density at radius 1 is 1.12 bits per heavy atom. The zero-order valence-electron chi connectivity index (χ0n) is 17.9. The second-order valence-electron chi connectivity index (χ2n) is 7.62. The number of amides is 1. The van der Waals surface area contributed by atoms with E-state index in [-0.39, 0.29) is 17.3 Å². The number of sulfonamides is 1. The van der Waals surface area contributed by atoms with E-state index in [4.69, 9.17) is 20.8 Å². The number of hydrogen-bond donors (Lipinski definition) is 0. The minimum Gasteiger partial charge on any atom is -0.467 e. The second-order valence-corrected chi connectivity index (χ2v) is 11.0. The van der Waals surface area contributed by atoms with E-state index in [1.54, 1.807) is 36.6 Å². The number of aromatic nitrogens is 1. The number of benzene rings is 2. The van der Waals surface area contributed by atoms with Gasteiger partial charge in [-0.3, -0.25) is 9.69 Å². The molecule has 0 radical (unpaired) electrons. The van der Waals surface area contributed by atoms with Gasteiger partial charge in [-0.15, -0.1) is 0 Å². The van der Waals surface area contributed by atoms with Crippen LogP contribution in [0.25, 0.3) is 10.2 Å². The Bertz CT molecular complexity index is 1410. The molecule has 2 aromatic heterocycles. The largest absolute Gasteiger partial charge is 0.467 e. The Hall–Kier alpha value is -2.76. The standard InChI is InChI=1S/C23H20ClN3O5S2/c24-17-5-8-20-21(14-17)33-23(25-20)27(15-18-2-1-11-32-18)22(28)16-3-6-19(7-4-16)34(29,30)26-9-12-31-13-10-26/h1-8,11,14H,9-10,12-13,15H2. The van der Waals surface area contributed by atoms with Gasteiger partial charge in [-0.2, -0.15) is 4.31 Å². The Morgan fingerprint density at radius 3 is 2.59 bits per heavy atom. The highest BCUT2D eigenvalue weighted by Gasteiger charge is 2.27. The third-order valence-corrected chi connectivity index (χ3v) is 8.61. The summed E-state index contributed by atoms with van der Waals surface area (Å²) in [5.74, 6) is 0.272. The molecule has 1 aliphatic rings. The lowest BCUT2D eigenvalue weighted by Crippen LogP contribution is -2.40. The van der Waals surface area contributed by atoms with Gasteiger partial charge >= 0.3 is 0 Å². The number of thiazole rings is 1. The summed E-state index contributed by atoms with van der Waals surface area (Å²) >= 11 is 7.46. The van der Waals surface area contributed by atoms with Gasteiger partial charge in [0.05, 0.1) is 41.1 Å². The van der Waals surface area contributed by atoms with E-state index >= 15 is 0 Å². The highest BCUT2D eigenvalue weighted by atomic mass is 35.5. The van der Waals surface area contributed by atoms with Crippen molar-refractivity contribution in [1.29, 1.82) is 0 Å². The number of fused-ring (bicyclic) bond motifs is 1. The van der Waals surface area contributed by atoms with Crippen molar-refractivity contribution in [2.45, 2.75) is 11.4 Å². The molecule has 1 saturated heterocycles. The monoisotopic (exact) mass is 517 g/mol. The summed E-state index contributed by atoms with van der Waals surface area (Å²) in [5, 5.41) is 1.08. The van der Waals surface area contributed by atoms with Crippen molar-refractivity contribution in [3.8, 4) is 0 Å². The zero-order valence-corrected chi connectivity index (χ0v) is 20.3. The molecule has 1 amide bonds. The first-order valence-electron chi connectivity index (χ1n) is 10.5. The van der Waals surface area contributed by atoms with Gasteiger partial charge in [0.1, 0.15) is 5.76 Å². The predicted molar refractivity (Wildman–Crippen MR) is 130 cm³/mol. The van der Waals surface area contributed by atoms with Crippen LogP contribution >= 0.6 is 22.9 Å². The summed E-state index contributed by atoms with van der Waals surface area (Å²) in [6.07, 6.45) is 1.54. The molecular formula is C23H20ClN3O5S2. The van der Waals surface area contributed by atoms with Crippen LogP contribution in [0.15, 0.2) is 70.2 Å². The molecule has 176 valence electrons. The summed E-state index contributed by atoms with van der Waals surface area (Å²) in [5.41, 5.74) is 1.07. The first kappa shape index (κ1) is 23.0. The van der Waals surface area contributed by atoms with E-state index in [1.165, 1.54) is 44.8 Å². The predicted octanol–water partition coefficient (Wildman–Crippen LogP) is 4.41. The molecular weight excluding hydrogens is 498 g/mol. The van der Waals surface area contributed by atoms with Gasteiger partial charge in [-0.25, -0.2) is 13.4 Å². The highest BCUT2D eigenvalue weighted by molar-refractivity contribution is 7.89. The lowest BCUT2D eigenvalue weighted by atomic mass is 10.2. The highest BCUT2D eigenvalue weighted by Crippen LogP contribution is 2.32. The van der Waals surface area contributed by atoms with Crippen molar-refractivity contribution in [2.24, 2.45) is 0 Å². The van der Waals surface area contributed by atoms with Crippen molar-refractivity contribution in [3.63, 3.8) is 0 Å². The Balaban J connectivity index is 1.46. The Kier molecular flexibility index (Phi) is 6.41. The molecule has 8 nitrogen and oxygen atoms in total. The molecule has 5 rings (SSSR count). The minimum absolute atomic E-state index is 0.137. The van der Waals surface area contributed by atoms with Crippen LogP contribution in [0.4, 0.5) is 5.13 Å². The number of carbonyl (C=O) groups excluding carboxylic acids is 1. The fraction of sp³-hybridized carbons (Fsp3) is 0.217. The maximum absolute atomic E-state index is 13.5. The molecule has 1 aliphatic heterocycles. The number of hydrogen-bond acceptors (Lipinski definition) is 7. The number of anilines is 1. The van der Waals surface area contributed by atoms with Crippen LogP contribution in [0.5, 0.6) is 0 Å². The van der Waals surface area contributed by atoms with Gasteiger partial charge in [0.25, 0.3) is 5.91 Å². The first-order chi connectivity index (χ1) is 16.4. The number of halogens is 1. The Labute approximate surface area is 205 Å². The average Bonchev–Trinajstić information content (AvgIpc) is 3.52. The summed E-state index contributed by atoms with van der Waals surface area (Å²) in [6, 6.07) is 14.9. The number of carbonyl (C=O) groups is 1. The number of nitrogens with zero attached hydrogens (tertiary/aromatic N) is 3.